The lowest BCUT2D eigenvalue weighted by Gasteiger charge is -2.20. The van der Waals surface area contributed by atoms with Gasteiger partial charge in [0.05, 0.1) is 30.4 Å². The predicted octanol–water partition coefficient (Wildman–Crippen LogP) is 4.01. The van der Waals surface area contributed by atoms with E-state index in [4.69, 9.17) is 14.5 Å². The molecule has 7 heteroatoms. The molecule has 0 saturated carbocycles. The summed E-state index contributed by atoms with van der Waals surface area (Å²) in [6.07, 6.45) is -0.392. The van der Waals surface area contributed by atoms with Crippen LogP contribution in [0.2, 0.25) is 0 Å². The summed E-state index contributed by atoms with van der Waals surface area (Å²) in [6.45, 7) is 0.980. The first-order chi connectivity index (χ1) is 16.6. The minimum atomic E-state index is -0.737. The molecule has 1 N–H and O–H groups in total. The molecule has 1 saturated heterocycles. The first-order valence-corrected chi connectivity index (χ1v) is 11.4. The fraction of sp³-hybridized carbons (Fsp3) is 0.259. The molecule has 1 amide bonds. The SMILES string of the molecule is COc1ccccc1N1C[C@@H](c2nc3ccccc3n2C[C@@H](O)COc2ccccc2)CC1=O. The topological polar surface area (TPSA) is 76.8 Å². The van der Waals surface area contributed by atoms with Crippen LogP contribution in [0.5, 0.6) is 11.5 Å². The van der Waals surface area contributed by atoms with E-state index in [1.54, 1.807) is 12.0 Å². The van der Waals surface area contributed by atoms with Crippen molar-refractivity contribution in [2.45, 2.75) is 25.0 Å². The van der Waals surface area contributed by atoms with Gasteiger partial charge in [-0.25, -0.2) is 4.98 Å². The summed E-state index contributed by atoms with van der Waals surface area (Å²) in [6, 6.07) is 24.8. The van der Waals surface area contributed by atoms with Gasteiger partial charge in [0.2, 0.25) is 5.91 Å². The summed E-state index contributed by atoms with van der Waals surface area (Å²) in [7, 11) is 1.61. The number of fused-ring (bicyclic) bond motifs is 1. The molecule has 0 unspecified atom stereocenters. The van der Waals surface area contributed by atoms with Gasteiger partial charge in [0.1, 0.15) is 30.0 Å². The quantitative estimate of drug-likeness (QED) is 0.433. The minimum absolute atomic E-state index is 0.0288. The molecule has 1 aromatic heterocycles. The molecule has 1 aliphatic heterocycles. The highest BCUT2D eigenvalue weighted by molar-refractivity contribution is 5.97. The van der Waals surface area contributed by atoms with Gasteiger partial charge in [0.25, 0.3) is 0 Å². The van der Waals surface area contributed by atoms with Crippen molar-refractivity contribution in [2.24, 2.45) is 0 Å². The fourth-order valence-corrected chi connectivity index (χ4v) is 4.54. The summed E-state index contributed by atoms with van der Waals surface area (Å²) in [4.78, 5) is 19.6. The monoisotopic (exact) mass is 457 g/mol. The lowest BCUT2D eigenvalue weighted by molar-refractivity contribution is -0.117. The second-order valence-corrected chi connectivity index (χ2v) is 8.42. The van der Waals surface area contributed by atoms with E-state index in [0.717, 1.165) is 22.5 Å². The second-order valence-electron chi connectivity index (χ2n) is 8.42. The molecule has 5 rings (SSSR count). The zero-order valence-electron chi connectivity index (χ0n) is 19.0. The molecule has 2 heterocycles. The van der Waals surface area contributed by atoms with Gasteiger partial charge in [-0.15, -0.1) is 0 Å². The molecule has 0 radical (unpaired) electrons. The molecule has 4 aromatic rings. The lowest BCUT2D eigenvalue weighted by atomic mass is 10.1. The maximum atomic E-state index is 13.0. The molecule has 1 aliphatic rings. The van der Waals surface area contributed by atoms with E-state index in [9.17, 15) is 9.90 Å². The fourth-order valence-electron chi connectivity index (χ4n) is 4.54. The van der Waals surface area contributed by atoms with Gasteiger partial charge in [-0.1, -0.05) is 42.5 Å². The van der Waals surface area contributed by atoms with Gasteiger partial charge in [-0.2, -0.15) is 0 Å². The maximum Gasteiger partial charge on any atom is 0.227 e. The number of para-hydroxylation sites is 5. The van der Waals surface area contributed by atoms with Gasteiger partial charge in [0.15, 0.2) is 0 Å². The number of aromatic nitrogens is 2. The first-order valence-electron chi connectivity index (χ1n) is 11.4. The van der Waals surface area contributed by atoms with Crippen LogP contribution in [0.25, 0.3) is 11.0 Å². The number of rotatable bonds is 8. The summed E-state index contributed by atoms with van der Waals surface area (Å²) < 4.78 is 13.3. The first kappa shape index (κ1) is 22.0. The number of imidazole rings is 1. The Morgan fingerprint density at radius 3 is 2.59 bits per heavy atom. The zero-order valence-corrected chi connectivity index (χ0v) is 19.0. The Morgan fingerprint density at radius 1 is 1.03 bits per heavy atom. The highest BCUT2D eigenvalue weighted by Crippen LogP contribution is 2.37. The van der Waals surface area contributed by atoms with Crippen LogP contribution in [-0.2, 0) is 11.3 Å². The lowest BCUT2D eigenvalue weighted by Crippen LogP contribution is -2.26. The van der Waals surface area contributed by atoms with Gasteiger partial charge in [-0.3, -0.25) is 4.79 Å². The number of nitrogens with zero attached hydrogens (tertiary/aromatic N) is 3. The number of amides is 1. The van der Waals surface area contributed by atoms with E-state index in [2.05, 4.69) is 0 Å². The molecule has 7 nitrogen and oxygen atoms in total. The molecule has 2 atom stereocenters. The van der Waals surface area contributed by atoms with E-state index in [1.165, 1.54) is 0 Å². The molecule has 34 heavy (non-hydrogen) atoms. The van der Waals surface area contributed by atoms with Crippen molar-refractivity contribution in [3.8, 4) is 11.5 Å². The van der Waals surface area contributed by atoms with Crippen molar-refractivity contribution in [1.82, 2.24) is 9.55 Å². The molecule has 1 fully saturated rings. The van der Waals surface area contributed by atoms with Gasteiger partial charge >= 0.3 is 0 Å². The number of benzene rings is 3. The van der Waals surface area contributed by atoms with Gasteiger partial charge in [0, 0.05) is 18.9 Å². The Kier molecular flexibility index (Phi) is 6.18. The summed E-state index contributed by atoms with van der Waals surface area (Å²) in [5.41, 5.74) is 2.53. The minimum Gasteiger partial charge on any atom is -0.495 e. The Hall–Kier alpha value is -3.84. The number of methoxy groups -OCH3 is 1. The number of carbonyl (C=O) groups excluding carboxylic acids is 1. The number of carbonyl (C=O) groups is 1. The molecule has 0 aliphatic carbocycles. The van der Waals surface area contributed by atoms with Crippen LogP contribution in [0.1, 0.15) is 18.2 Å². The second kappa shape index (κ2) is 9.57. The largest absolute Gasteiger partial charge is 0.495 e. The van der Waals surface area contributed by atoms with Crippen LogP contribution < -0.4 is 14.4 Å². The third kappa shape index (κ3) is 4.34. The van der Waals surface area contributed by atoms with Gasteiger partial charge < -0.3 is 24.0 Å². The van der Waals surface area contributed by atoms with Crippen LogP contribution in [-0.4, -0.2) is 46.9 Å². The third-order valence-electron chi connectivity index (χ3n) is 6.13. The highest BCUT2D eigenvalue weighted by atomic mass is 16.5. The molecule has 3 aromatic carbocycles. The molecule has 0 bridgehead atoms. The van der Waals surface area contributed by atoms with Crippen molar-refractivity contribution in [2.75, 3.05) is 25.2 Å². The van der Waals surface area contributed by atoms with E-state index in [-0.39, 0.29) is 18.4 Å². The predicted molar refractivity (Wildman–Crippen MR) is 130 cm³/mol. The third-order valence-corrected chi connectivity index (χ3v) is 6.13. The number of aliphatic hydroxyl groups excluding tert-OH is 1. The van der Waals surface area contributed by atoms with Crippen LogP contribution in [0, 0.1) is 0 Å². The molecule has 174 valence electrons. The summed E-state index contributed by atoms with van der Waals surface area (Å²) in [5.74, 6) is 2.10. The summed E-state index contributed by atoms with van der Waals surface area (Å²) in [5, 5.41) is 10.8. The number of aliphatic hydroxyl groups is 1. The molecule has 0 spiro atoms. The number of hydrogen-bond acceptors (Lipinski definition) is 5. The standard InChI is InChI=1S/C27H27N3O4/c1-33-25-14-8-7-13-24(25)29-16-19(15-26(29)32)27-28-22-11-5-6-12-23(22)30(27)17-20(31)18-34-21-9-3-2-4-10-21/h2-14,19-20,31H,15-18H2,1H3/t19-,20+/m0/s1. The van der Waals surface area contributed by atoms with Crippen LogP contribution in [0.4, 0.5) is 5.69 Å². The van der Waals surface area contributed by atoms with E-state index < -0.39 is 6.10 Å². The highest BCUT2D eigenvalue weighted by Gasteiger charge is 2.36. The Labute approximate surface area is 198 Å². The van der Waals surface area contributed by atoms with Crippen LogP contribution >= 0.6 is 0 Å². The van der Waals surface area contributed by atoms with Crippen molar-refractivity contribution >= 4 is 22.6 Å². The van der Waals surface area contributed by atoms with Crippen LogP contribution in [0.3, 0.4) is 0 Å². The van der Waals surface area contributed by atoms with E-state index in [0.29, 0.717) is 31.0 Å². The zero-order chi connectivity index (χ0) is 23.5. The average molecular weight is 458 g/mol. The Bertz CT molecular complexity index is 1290. The molecular weight excluding hydrogens is 430 g/mol. The Balaban J connectivity index is 1.40. The normalized spacial score (nSPS) is 16.7. The number of hydrogen-bond donors (Lipinski definition) is 1. The maximum absolute atomic E-state index is 13.0. The van der Waals surface area contributed by atoms with Crippen LogP contribution in [0.15, 0.2) is 78.9 Å². The van der Waals surface area contributed by atoms with Crippen molar-refractivity contribution in [3.05, 3.63) is 84.7 Å². The van der Waals surface area contributed by atoms with Crippen molar-refractivity contribution in [1.29, 1.82) is 0 Å². The Morgan fingerprint density at radius 2 is 1.76 bits per heavy atom. The van der Waals surface area contributed by atoms with Gasteiger partial charge in [-0.05, 0) is 36.4 Å². The van der Waals surface area contributed by atoms with E-state index >= 15 is 0 Å². The summed E-state index contributed by atoms with van der Waals surface area (Å²) >= 11 is 0. The molecular formula is C27H27N3O4. The van der Waals surface area contributed by atoms with Crippen molar-refractivity contribution < 1.29 is 19.4 Å². The van der Waals surface area contributed by atoms with Crippen molar-refractivity contribution in [3.63, 3.8) is 0 Å². The smallest absolute Gasteiger partial charge is 0.227 e. The van der Waals surface area contributed by atoms with E-state index in [1.807, 2.05) is 83.4 Å². The average Bonchev–Trinajstić information content (AvgIpc) is 3.43. The number of anilines is 1. The number of ether oxygens (including phenoxy) is 2.